The van der Waals surface area contributed by atoms with E-state index in [1.165, 1.54) is 129 Å². The van der Waals surface area contributed by atoms with Crippen LogP contribution in [0.15, 0.2) is 10.2 Å². The molecule has 0 saturated carbocycles. The standard InChI is InChI=1S/C36H65N5O3.Na/c1-6-7-8-9-10-11-12-13-14-15-16-17-18-19-20-21-22-23-24-25-32(2)30-39-33(42)26-28-35(3,31-37)40-41-36(4,38-5)29-27-34(43)44;/h32H,6-30H2,1-4H3,(H,39,42)(H,43,44);/q;+1/p-1. The molecule has 0 aromatic heterocycles. The second-order valence-electron chi connectivity index (χ2n) is 13.3. The zero-order valence-electron chi connectivity index (χ0n) is 29.8. The first-order valence-electron chi connectivity index (χ1n) is 17.8. The summed E-state index contributed by atoms with van der Waals surface area (Å²) in [4.78, 5) is 26.5. The predicted octanol–water partition coefficient (Wildman–Crippen LogP) is 6.24. The van der Waals surface area contributed by atoms with Gasteiger partial charge in [-0.25, -0.2) is 6.57 Å². The number of carboxylic acids is 1. The van der Waals surface area contributed by atoms with Gasteiger partial charge in [-0.2, -0.15) is 10.4 Å². The second kappa shape index (κ2) is 29.9. The van der Waals surface area contributed by atoms with Crippen molar-refractivity contribution in [2.45, 2.75) is 193 Å². The minimum absolute atomic E-state index is 0. The van der Waals surface area contributed by atoms with Crippen molar-refractivity contribution in [1.29, 1.82) is 5.26 Å². The molecule has 0 aromatic carbocycles. The van der Waals surface area contributed by atoms with Gasteiger partial charge in [0.25, 0.3) is 0 Å². The molecule has 0 heterocycles. The smallest absolute Gasteiger partial charge is 0.550 e. The van der Waals surface area contributed by atoms with Gasteiger partial charge in [0.05, 0.1) is 12.5 Å². The van der Waals surface area contributed by atoms with Crippen molar-refractivity contribution in [1.82, 2.24) is 5.32 Å². The number of hydrogen-bond donors (Lipinski definition) is 1. The van der Waals surface area contributed by atoms with Crippen molar-refractivity contribution >= 4 is 11.9 Å². The minimum atomic E-state index is -1.37. The summed E-state index contributed by atoms with van der Waals surface area (Å²) in [6, 6.07) is 2.07. The summed E-state index contributed by atoms with van der Waals surface area (Å²) >= 11 is 0. The van der Waals surface area contributed by atoms with E-state index in [0.29, 0.717) is 12.5 Å². The average Bonchev–Trinajstić information content (AvgIpc) is 3.02. The van der Waals surface area contributed by atoms with Crippen molar-refractivity contribution in [3.8, 4) is 6.07 Å². The Kier molecular flexibility index (Phi) is 30.3. The van der Waals surface area contributed by atoms with Gasteiger partial charge in [-0.15, -0.1) is 5.11 Å². The molecule has 9 heteroatoms. The van der Waals surface area contributed by atoms with Crippen LogP contribution in [0.1, 0.15) is 182 Å². The van der Waals surface area contributed by atoms with Crippen LogP contribution in [-0.2, 0) is 9.59 Å². The van der Waals surface area contributed by atoms with Crippen LogP contribution in [0.3, 0.4) is 0 Å². The zero-order chi connectivity index (χ0) is 32.9. The molecular weight excluding hydrogens is 573 g/mol. The van der Waals surface area contributed by atoms with Crippen LogP contribution in [0.25, 0.3) is 4.85 Å². The van der Waals surface area contributed by atoms with Gasteiger partial charge in [-0.3, -0.25) is 9.64 Å². The molecule has 45 heavy (non-hydrogen) atoms. The summed E-state index contributed by atoms with van der Waals surface area (Å²) in [7, 11) is 0. The predicted molar refractivity (Wildman–Crippen MR) is 178 cm³/mol. The summed E-state index contributed by atoms with van der Waals surface area (Å²) in [6.45, 7) is 15.4. The van der Waals surface area contributed by atoms with Gasteiger partial charge in [0.1, 0.15) is 0 Å². The number of carbonyl (C=O) groups is 2. The van der Waals surface area contributed by atoms with E-state index in [1.807, 2.05) is 0 Å². The van der Waals surface area contributed by atoms with Crippen molar-refractivity contribution in [3.63, 3.8) is 0 Å². The van der Waals surface area contributed by atoms with E-state index in [2.05, 4.69) is 40.3 Å². The number of unbranched alkanes of at least 4 members (excludes halogenated alkanes) is 18. The number of nitriles is 1. The molecule has 252 valence electrons. The molecule has 0 aromatic rings. The summed E-state index contributed by atoms with van der Waals surface area (Å²) in [5.41, 5.74) is -2.63. The molecule has 0 aliphatic carbocycles. The van der Waals surface area contributed by atoms with Gasteiger partial charge in [0.15, 0.2) is 5.54 Å². The molecule has 0 aliphatic heterocycles. The third kappa shape index (κ3) is 28.5. The number of nitrogens with zero attached hydrogens (tertiary/aromatic N) is 4. The fourth-order valence-electron chi connectivity index (χ4n) is 5.22. The number of azo groups is 1. The maximum atomic E-state index is 12.4. The van der Waals surface area contributed by atoms with Crippen molar-refractivity contribution < 1.29 is 44.3 Å². The molecule has 8 nitrogen and oxygen atoms in total. The van der Waals surface area contributed by atoms with Gasteiger partial charge in [-0.05, 0) is 32.1 Å². The molecule has 0 saturated heterocycles. The number of aliphatic carboxylic acids is 1. The summed E-state index contributed by atoms with van der Waals surface area (Å²) in [6.07, 6.45) is 27.1. The van der Waals surface area contributed by atoms with Gasteiger partial charge >= 0.3 is 35.2 Å². The normalized spacial score (nSPS) is 14.4. The fraction of sp³-hybridized carbons (Fsp3) is 0.889. The number of carbonyl (C=O) groups excluding carboxylic acids is 2. The monoisotopic (exact) mass is 637 g/mol. The molecule has 0 bridgehead atoms. The van der Waals surface area contributed by atoms with E-state index in [4.69, 9.17) is 6.57 Å². The number of amides is 1. The maximum Gasteiger partial charge on any atom is 1.00 e. The zero-order valence-corrected chi connectivity index (χ0v) is 31.8. The topological polar surface area (TPSA) is 122 Å². The van der Waals surface area contributed by atoms with E-state index in [9.17, 15) is 20.0 Å². The average molecular weight is 638 g/mol. The van der Waals surface area contributed by atoms with E-state index in [-0.39, 0.29) is 61.1 Å². The van der Waals surface area contributed by atoms with Crippen LogP contribution >= 0.6 is 0 Å². The number of rotatable bonds is 30. The molecule has 1 amide bonds. The third-order valence-electron chi connectivity index (χ3n) is 8.56. The van der Waals surface area contributed by atoms with Crippen molar-refractivity contribution in [3.05, 3.63) is 11.4 Å². The Morgan fingerprint density at radius 1 is 0.800 bits per heavy atom. The van der Waals surface area contributed by atoms with Gasteiger partial charge in [0, 0.05) is 25.9 Å². The first-order chi connectivity index (χ1) is 21.1. The Morgan fingerprint density at radius 2 is 1.24 bits per heavy atom. The maximum absolute atomic E-state index is 12.4. The summed E-state index contributed by atoms with van der Waals surface area (Å²) in [5.74, 6) is -0.999. The van der Waals surface area contributed by atoms with Crippen LogP contribution in [0.5, 0.6) is 0 Å². The van der Waals surface area contributed by atoms with Crippen LogP contribution in [0, 0.1) is 23.8 Å². The van der Waals surface area contributed by atoms with E-state index in [1.54, 1.807) is 6.92 Å². The quantitative estimate of drug-likeness (QED) is 0.0433. The number of nitrogens with one attached hydrogen (secondary N) is 1. The number of hydrogen-bond acceptors (Lipinski definition) is 6. The molecule has 3 unspecified atom stereocenters. The molecule has 0 radical (unpaired) electrons. The first kappa shape index (κ1) is 45.6. The van der Waals surface area contributed by atoms with E-state index < -0.39 is 17.2 Å². The van der Waals surface area contributed by atoms with Crippen LogP contribution in [0.2, 0.25) is 0 Å². The van der Waals surface area contributed by atoms with Crippen molar-refractivity contribution in [2.75, 3.05) is 6.54 Å². The minimum Gasteiger partial charge on any atom is -0.550 e. The van der Waals surface area contributed by atoms with Gasteiger partial charge < -0.3 is 15.2 Å². The Bertz CT molecular complexity index is 872. The SMILES string of the molecule is [C-]#[N+]C(C)(CCC(=O)[O-])N=NC(C)(C#N)CCC(=O)NCC(C)CCCCCCCCCCCCCCCCCCCCC.[Na+]. The van der Waals surface area contributed by atoms with Crippen molar-refractivity contribution in [2.24, 2.45) is 16.1 Å². The Morgan fingerprint density at radius 3 is 1.64 bits per heavy atom. The third-order valence-corrected chi connectivity index (χ3v) is 8.56. The summed E-state index contributed by atoms with van der Waals surface area (Å²) in [5, 5.41) is 31.3. The Hall–Kier alpha value is -1.48. The molecule has 0 fully saturated rings. The van der Waals surface area contributed by atoms with Crippen LogP contribution in [0.4, 0.5) is 0 Å². The molecule has 1 N–H and O–H groups in total. The number of carboxylic acid groups (broad SMARTS) is 1. The van der Waals surface area contributed by atoms with Gasteiger partial charge in [-0.1, -0.05) is 136 Å². The fourth-order valence-corrected chi connectivity index (χ4v) is 5.22. The molecule has 3 atom stereocenters. The first-order valence-corrected chi connectivity index (χ1v) is 17.8. The second-order valence-corrected chi connectivity index (χ2v) is 13.3. The van der Waals surface area contributed by atoms with Crippen LogP contribution < -0.4 is 40.0 Å². The van der Waals surface area contributed by atoms with E-state index in [0.717, 1.165) is 6.42 Å². The molecule has 0 rings (SSSR count). The molecular formula is C36H64N5NaO3. The Labute approximate surface area is 298 Å². The summed E-state index contributed by atoms with van der Waals surface area (Å²) < 4.78 is 0. The van der Waals surface area contributed by atoms with Gasteiger partial charge in [0.2, 0.25) is 5.91 Å². The van der Waals surface area contributed by atoms with E-state index >= 15 is 0 Å². The Balaban J connectivity index is 0. The largest absolute Gasteiger partial charge is 1.00 e. The molecule has 0 spiro atoms. The van der Waals surface area contributed by atoms with Crippen LogP contribution in [-0.4, -0.2) is 29.6 Å². The molecule has 0 aliphatic rings.